The molecular weight excluding hydrogens is 565 g/mol. The predicted molar refractivity (Wildman–Crippen MR) is 149 cm³/mol. The van der Waals surface area contributed by atoms with Crippen molar-refractivity contribution in [3.05, 3.63) is 91.1 Å². The molecule has 2 heterocycles. The van der Waals surface area contributed by atoms with Gasteiger partial charge in [0, 0.05) is 21.0 Å². The molecule has 0 aliphatic carbocycles. The molecule has 5 aromatic rings. The van der Waals surface area contributed by atoms with Crippen LogP contribution in [0.5, 0.6) is 5.75 Å². The number of hydrogen-bond acceptors (Lipinski definition) is 5. The maximum atomic E-state index is 13.5. The molecule has 0 amide bonds. The number of rotatable bonds is 6. The molecular formula is C27H20BrCl2N3O3. The molecule has 0 bridgehead atoms. The summed E-state index contributed by atoms with van der Waals surface area (Å²) in [4.78, 5) is 18.2. The van der Waals surface area contributed by atoms with E-state index in [0.29, 0.717) is 48.1 Å². The summed E-state index contributed by atoms with van der Waals surface area (Å²) < 4.78 is 14.0. The first-order chi connectivity index (χ1) is 17.3. The van der Waals surface area contributed by atoms with Crippen LogP contribution in [0.25, 0.3) is 33.5 Å². The lowest BCUT2D eigenvalue weighted by atomic mass is 10.2. The first-order valence-electron chi connectivity index (χ1n) is 11.3. The normalized spacial score (nSPS) is 12.6. The lowest BCUT2D eigenvalue weighted by molar-refractivity contribution is 0.215. The molecule has 36 heavy (non-hydrogen) atoms. The zero-order valence-electron chi connectivity index (χ0n) is 19.3. The van der Waals surface area contributed by atoms with Gasteiger partial charge in [0.2, 0.25) is 5.82 Å². The van der Waals surface area contributed by atoms with Gasteiger partial charge in [0.1, 0.15) is 11.3 Å². The van der Waals surface area contributed by atoms with Crippen molar-refractivity contribution >= 4 is 67.2 Å². The molecule has 0 unspecified atom stereocenters. The van der Waals surface area contributed by atoms with Gasteiger partial charge in [-0.2, -0.15) is 9.78 Å². The summed E-state index contributed by atoms with van der Waals surface area (Å²) in [7, 11) is 0. The number of benzene rings is 3. The van der Waals surface area contributed by atoms with Crippen molar-refractivity contribution in [2.24, 2.45) is 5.10 Å². The third-order valence-electron chi connectivity index (χ3n) is 5.70. The highest BCUT2D eigenvalue weighted by atomic mass is 79.9. The van der Waals surface area contributed by atoms with Crippen LogP contribution in [-0.2, 0) is 0 Å². The van der Waals surface area contributed by atoms with E-state index in [4.69, 9.17) is 37.3 Å². The highest BCUT2D eigenvalue weighted by Gasteiger charge is 2.18. The molecule has 3 aromatic carbocycles. The minimum atomic E-state index is -0.337. The Kier molecular flexibility index (Phi) is 6.88. The summed E-state index contributed by atoms with van der Waals surface area (Å²) >= 11 is 16.0. The van der Waals surface area contributed by atoms with Crippen LogP contribution in [0.1, 0.15) is 25.8 Å². The molecule has 0 saturated carbocycles. The third-order valence-corrected chi connectivity index (χ3v) is 6.74. The Morgan fingerprint density at radius 3 is 2.75 bits per heavy atom. The first-order valence-corrected chi connectivity index (χ1v) is 12.8. The Bertz CT molecular complexity index is 1690. The zero-order chi connectivity index (χ0) is 25.4. The van der Waals surface area contributed by atoms with E-state index in [2.05, 4.69) is 21.0 Å². The van der Waals surface area contributed by atoms with Gasteiger partial charge < -0.3 is 9.15 Å². The summed E-state index contributed by atoms with van der Waals surface area (Å²) in [5, 5.41) is 6.84. The second kappa shape index (κ2) is 10.1. The van der Waals surface area contributed by atoms with Gasteiger partial charge in [-0.15, -0.1) is 0 Å². The zero-order valence-corrected chi connectivity index (χ0v) is 22.4. The SMILES string of the molecule is CC[C@@H](C)Oc1c(Br)cc(Cl)cc1C=Nn1c(-c2cc3cc(Cl)ccc3o2)nc2ccccc2c1=O. The molecule has 0 N–H and O–H groups in total. The second-order valence-electron chi connectivity index (χ2n) is 8.25. The number of furan rings is 1. The van der Waals surface area contributed by atoms with Crippen LogP contribution in [0.3, 0.4) is 0 Å². The van der Waals surface area contributed by atoms with Crippen LogP contribution in [0.4, 0.5) is 0 Å². The van der Waals surface area contributed by atoms with E-state index in [0.717, 1.165) is 11.8 Å². The fourth-order valence-electron chi connectivity index (χ4n) is 3.72. The van der Waals surface area contributed by atoms with Crippen molar-refractivity contribution < 1.29 is 9.15 Å². The van der Waals surface area contributed by atoms with Gasteiger partial charge >= 0.3 is 0 Å². The smallest absolute Gasteiger partial charge is 0.282 e. The molecule has 1 atom stereocenters. The maximum absolute atomic E-state index is 13.5. The highest BCUT2D eigenvalue weighted by molar-refractivity contribution is 9.10. The molecule has 0 radical (unpaired) electrons. The summed E-state index contributed by atoms with van der Waals surface area (Å²) in [6.07, 6.45) is 2.33. The van der Waals surface area contributed by atoms with Gasteiger partial charge in [0.25, 0.3) is 5.56 Å². The molecule has 0 aliphatic heterocycles. The quantitative estimate of drug-likeness (QED) is 0.190. The van der Waals surface area contributed by atoms with E-state index in [1.54, 1.807) is 54.6 Å². The minimum Gasteiger partial charge on any atom is -0.489 e. The van der Waals surface area contributed by atoms with Gasteiger partial charge in [0.15, 0.2) is 5.76 Å². The first kappa shape index (κ1) is 24.6. The van der Waals surface area contributed by atoms with Gasteiger partial charge in [-0.25, -0.2) is 4.98 Å². The Morgan fingerprint density at radius 2 is 1.94 bits per heavy atom. The van der Waals surface area contributed by atoms with Crippen molar-refractivity contribution in [3.8, 4) is 17.3 Å². The van der Waals surface area contributed by atoms with Crippen LogP contribution in [0, 0.1) is 0 Å². The Hall–Kier alpha value is -3.13. The van der Waals surface area contributed by atoms with E-state index in [-0.39, 0.29) is 17.5 Å². The van der Waals surface area contributed by atoms with Crippen LogP contribution < -0.4 is 10.3 Å². The van der Waals surface area contributed by atoms with E-state index < -0.39 is 0 Å². The number of hydrogen-bond donors (Lipinski definition) is 0. The summed E-state index contributed by atoms with van der Waals surface area (Å²) in [5.74, 6) is 1.22. The fraction of sp³-hybridized carbons (Fsp3) is 0.148. The average molecular weight is 585 g/mol. The van der Waals surface area contributed by atoms with Crippen LogP contribution in [0.15, 0.2) is 79.4 Å². The molecule has 9 heteroatoms. The molecule has 0 saturated heterocycles. The summed E-state index contributed by atoms with van der Waals surface area (Å²) in [6, 6.07) is 17.7. The van der Waals surface area contributed by atoms with Crippen molar-refractivity contribution in [1.29, 1.82) is 0 Å². The largest absolute Gasteiger partial charge is 0.489 e. The van der Waals surface area contributed by atoms with Gasteiger partial charge in [-0.1, -0.05) is 42.3 Å². The number of aromatic nitrogens is 2. The molecule has 0 spiro atoms. The van der Waals surface area contributed by atoms with Crippen LogP contribution >= 0.6 is 39.1 Å². The molecule has 182 valence electrons. The van der Waals surface area contributed by atoms with Crippen molar-refractivity contribution in [2.45, 2.75) is 26.4 Å². The summed E-state index contributed by atoms with van der Waals surface area (Å²) in [5.41, 5.74) is 1.43. The van der Waals surface area contributed by atoms with Crippen molar-refractivity contribution in [3.63, 3.8) is 0 Å². The molecule has 6 nitrogen and oxygen atoms in total. The number of para-hydroxylation sites is 1. The Morgan fingerprint density at radius 1 is 1.14 bits per heavy atom. The number of fused-ring (bicyclic) bond motifs is 2. The Labute approximate surface area is 225 Å². The monoisotopic (exact) mass is 583 g/mol. The van der Waals surface area contributed by atoms with Gasteiger partial charge in [-0.05, 0) is 77.8 Å². The van der Waals surface area contributed by atoms with E-state index in [9.17, 15) is 4.79 Å². The van der Waals surface area contributed by atoms with Crippen molar-refractivity contribution in [2.75, 3.05) is 0 Å². The average Bonchev–Trinajstić information content (AvgIpc) is 3.28. The molecule has 0 aliphatic rings. The highest BCUT2D eigenvalue weighted by Crippen LogP contribution is 2.33. The standard InChI is InChI=1S/C27H20BrCl2N3O3/c1-3-15(2)35-25-17(11-19(30)13-21(25)28)14-31-33-26(32-22-7-5-4-6-20(22)27(33)34)24-12-16-10-18(29)8-9-23(16)36-24/h4-15H,3H2,1-2H3/t15-/m1/s1. The van der Waals surface area contributed by atoms with E-state index in [1.165, 1.54) is 10.9 Å². The number of nitrogens with zero attached hydrogens (tertiary/aromatic N) is 3. The van der Waals surface area contributed by atoms with Crippen molar-refractivity contribution in [1.82, 2.24) is 9.66 Å². The third kappa shape index (κ3) is 4.78. The van der Waals surface area contributed by atoms with Crippen LogP contribution in [-0.4, -0.2) is 22.0 Å². The molecule has 5 rings (SSSR count). The van der Waals surface area contributed by atoms with E-state index in [1.807, 2.05) is 19.9 Å². The lowest BCUT2D eigenvalue weighted by Gasteiger charge is -2.16. The van der Waals surface area contributed by atoms with Gasteiger partial charge in [-0.3, -0.25) is 4.79 Å². The Balaban J connectivity index is 1.71. The van der Waals surface area contributed by atoms with Gasteiger partial charge in [0.05, 0.1) is 27.7 Å². The summed E-state index contributed by atoms with van der Waals surface area (Å²) in [6.45, 7) is 4.01. The topological polar surface area (TPSA) is 69.6 Å². The maximum Gasteiger partial charge on any atom is 0.282 e. The van der Waals surface area contributed by atoms with E-state index >= 15 is 0 Å². The lowest BCUT2D eigenvalue weighted by Crippen LogP contribution is -2.20. The second-order valence-corrected chi connectivity index (χ2v) is 9.98. The molecule has 2 aromatic heterocycles. The predicted octanol–water partition coefficient (Wildman–Crippen LogP) is 7.94. The number of halogens is 3. The minimum absolute atomic E-state index is 0.0300. The fourth-order valence-corrected chi connectivity index (χ4v) is 4.83. The molecule has 0 fully saturated rings. The van der Waals surface area contributed by atoms with Crippen LogP contribution in [0.2, 0.25) is 10.0 Å². The number of ether oxygens (including phenoxy) is 1.